The minimum Gasteiger partial charge on any atom is -0.507 e. The fourth-order valence-electron chi connectivity index (χ4n) is 2.98. The summed E-state index contributed by atoms with van der Waals surface area (Å²) in [6.45, 7) is 3.95. The number of carbonyl (C=O) groups is 1. The average molecular weight is 266 g/mol. The fourth-order valence-corrected chi connectivity index (χ4v) is 2.98. The maximum Gasteiger partial charge on any atom is 0.328 e. The second-order valence-electron chi connectivity index (χ2n) is 5.10. The molecule has 20 heavy (non-hydrogen) atoms. The molecule has 100 valence electrons. The summed E-state index contributed by atoms with van der Waals surface area (Å²) in [4.78, 5) is 11.1. The number of aliphatic carboxylic acids is 1. The van der Waals surface area contributed by atoms with Crippen LogP contribution in [0.15, 0.2) is 36.4 Å². The molecule has 1 aliphatic rings. The SMILES string of the molecule is Cc1cc(C)c2c(c1)-c1c(O)cccc1/C2=C/C(=O)O. The quantitative estimate of drug-likeness (QED) is 0.663. The van der Waals surface area contributed by atoms with Crippen molar-refractivity contribution < 1.29 is 15.0 Å². The van der Waals surface area contributed by atoms with E-state index >= 15 is 0 Å². The lowest BCUT2D eigenvalue weighted by molar-refractivity contribution is -0.131. The van der Waals surface area contributed by atoms with Crippen molar-refractivity contribution in [2.24, 2.45) is 0 Å². The number of hydrogen-bond acceptors (Lipinski definition) is 2. The summed E-state index contributed by atoms with van der Waals surface area (Å²) >= 11 is 0. The molecular weight excluding hydrogens is 252 g/mol. The van der Waals surface area contributed by atoms with E-state index in [-0.39, 0.29) is 5.75 Å². The number of phenolic OH excluding ortho intramolecular Hbond substituents is 1. The van der Waals surface area contributed by atoms with Gasteiger partial charge < -0.3 is 10.2 Å². The Morgan fingerprint density at radius 3 is 2.55 bits per heavy atom. The number of carboxylic acid groups (broad SMARTS) is 1. The van der Waals surface area contributed by atoms with E-state index in [2.05, 4.69) is 0 Å². The van der Waals surface area contributed by atoms with Crippen molar-refractivity contribution in [2.45, 2.75) is 13.8 Å². The molecule has 2 aromatic rings. The van der Waals surface area contributed by atoms with E-state index in [0.29, 0.717) is 5.57 Å². The number of phenols is 1. The lowest BCUT2D eigenvalue weighted by Gasteiger charge is -2.07. The third-order valence-electron chi connectivity index (χ3n) is 3.62. The van der Waals surface area contributed by atoms with Gasteiger partial charge in [0.25, 0.3) is 0 Å². The van der Waals surface area contributed by atoms with Gasteiger partial charge in [-0.2, -0.15) is 0 Å². The molecule has 0 atom stereocenters. The molecule has 0 saturated heterocycles. The van der Waals surface area contributed by atoms with Crippen LogP contribution in [0.1, 0.15) is 22.3 Å². The van der Waals surface area contributed by atoms with Crippen LogP contribution >= 0.6 is 0 Å². The zero-order valence-electron chi connectivity index (χ0n) is 11.3. The van der Waals surface area contributed by atoms with Gasteiger partial charge in [0.2, 0.25) is 0 Å². The van der Waals surface area contributed by atoms with Gasteiger partial charge in [-0.25, -0.2) is 4.79 Å². The van der Waals surface area contributed by atoms with Gasteiger partial charge in [-0.1, -0.05) is 29.8 Å². The van der Waals surface area contributed by atoms with Crippen molar-refractivity contribution in [1.29, 1.82) is 0 Å². The van der Waals surface area contributed by atoms with Crippen LogP contribution in [0.5, 0.6) is 5.75 Å². The number of fused-ring (bicyclic) bond motifs is 3. The maximum absolute atomic E-state index is 11.1. The molecule has 0 heterocycles. The van der Waals surface area contributed by atoms with E-state index in [1.807, 2.05) is 32.0 Å². The number of aromatic hydroxyl groups is 1. The van der Waals surface area contributed by atoms with Gasteiger partial charge in [0.15, 0.2) is 0 Å². The first-order valence-corrected chi connectivity index (χ1v) is 6.38. The molecule has 2 N–H and O–H groups in total. The Labute approximate surface area is 116 Å². The van der Waals surface area contributed by atoms with E-state index in [4.69, 9.17) is 5.11 Å². The normalized spacial score (nSPS) is 14.2. The molecule has 2 aromatic carbocycles. The first-order valence-electron chi connectivity index (χ1n) is 6.38. The first-order chi connectivity index (χ1) is 9.49. The van der Waals surface area contributed by atoms with Crippen LogP contribution in [0.4, 0.5) is 0 Å². The van der Waals surface area contributed by atoms with Crippen LogP contribution in [0.3, 0.4) is 0 Å². The Bertz CT molecular complexity index is 770. The molecule has 3 rings (SSSR count). The van der Waals surface area contributed by atoms with Gasteiger partial charge in [-0.3, -0.25) is 0 Å². The molecule has 3 heteroatoms. The van der Waals surface area contributed by atoms with Crippen LogP contribution in [0.2, 0.25) is 0 Å². The van der Waals surface area contributed by atoms with Crippen molar-refractivity contribution in [3.05, 3.63) is 58.7 Å². The Hall–Kier alpha value is -2.55. The maximum atomic E-state index is 11.1. The molecule has 0 bridgehead atoms. The standard InChI is InChI=1S/C17H14O3/c1-9-6-10(2)16-12(8-15(19)20)11-4-3-5-14(18)17(11)13(16)7-9/h3-8,18H,1-2H3,(H,19,20)/b12-8-. The van der Waals surface area contributed by atoms with Crippen LogP contribution < -0.4 is 0 Å². The van der Waals surface area contributed by atoms with Crippen LogP contribution in [-0.4, -0.2) is 16.2 Å². The summed E-state index contributed by atoms with van der Waals surface area (Å²) in [7, 11) is 0. The summed E-state index contributed by atoms with van der Waals surface area (Å²) in [5, 5.41) is 19.2. The predicted octanol–water partition coefficient (Wildman–Crippen LogP) is 3.51. The lowest BCUT2D eigenvalue weighted by Crippen LogP contribution is -1.93. The van der Waals surface area contributed by atoms with Gasteiger partial charge in [0.1, 0.15) is 5.75 Å². The third kappa shape index (κ3) is 1.71. The molecule has 1 aliphatic carbocycles. The molecule has 0 fully saturated rings. The van der Waals surface area contributed by atoms with E-state index in [1.165, 1.54) is 6.08 Å². The highest BCUT2D eigenvalue weighted by atomic mass is 16.4. The molecule has 3 nitrogen and oxygen atoms in total. The smallest absolute Gasteiger partial charge is 0.328 e. The van der Waals surface area contributed by atoms with E-state index in [1.54, 1.807) is 12.1 Å². The first kappa shape index (κ1) is 12.5. The third-order valence-corrected chi connectivity index (χ3v) is 3.62. The minimum absolute atomic E-state index is 0.183. The lowest BCUT2D eigenvalue weighted by atomic mass is 9.97. The molecular formula is C17H14O3. The zero-order chi connectivity index (χ0) is 14.4. The minimum atomic E-state index is -0.984. The van der Waals surface area contributed by atoms with Gasteiger partial charge in [-0.15, -0.1) is 0 Å². The highest BCUT2D eigenvalue weighted by Crippen LogP contribution is 2.49. The summed E-state index contributed by atoms with van der Waals surface area (Å²) < 4.78 is 0. The largest absolute Gasteiger partial charge is 0.507 e. The average Bonchev–Trinajstić information content (AvgIpc) is 2.64. The highest BCUT2D eigenvalue weighted by molar-refractivity contribution is 6.08. The van der Waals surface area contributed by atoms with E-state index in [9.17, 15) is 9.90 Å². The molecule has 0 saturated carbocycles. The fraction of sp³-hybridized carbons (Fsp3) is 0.118. The Balaban J connectivity index is 2.45. The highest BCUT2D eigenvalue weighted by Gasteiger charge is 2.28. The Morgan fingerprint density at radius 2 is 1.85 bits per heavy atom. The molecule has 0 spiro atoms. The van der Waals surface area contributed by atoms with Crippen molar-refractivity contribution in [3.8, 4) is 16.9 Å². The van der Waals surface area contributed by atoms with E-state index < -0.39 is 5.97 Å². The van der Waals surface area contributed by atoms with Gasteiger partial charge in [-0.05, 0) is 47.7 Å². The monoisotopic (exact) mass is 266 g/mol. The molecule has 0 amide bonds. The molecule has 0 radical (unpaired) electrons. The van der Waals surface area contributed by atoms with Crippen molar-refractivity contribution in [3.63, 3.8) is 0 Å². The zero-order valence-corrected chi connectivity index (χ0v) is 11.3. The van der Waals surface area contributed by atoms with Crippen LogP contribution in [-0.2, 0) is 4.79 Å². The van der Waals surface area contributed by atoms with E-state index in [0.717, 1.165) is 33.4 Å². The van der Waals surface area contributed by atoms with Crippen molar-refractivity contribution in [2.75, 3.05) is 0 Å². The number of aryl methyl sites for hydroxylation is 2. The molecule has 0 aliphatic heterocycles. The Kier molecular flexibility index (Phi) is 2.64. The molecule has 0 unspecified atom stereocenters. The summed E-state index contributed by atoms with van der Waals surface area (Å²) in [5.41, 5.74) is 6.07. The predicted molar refractivity (Wildman–Crippen MR) is 77.7 cm³/mol. The summed E-state index contributed by atoms with van der Waals surface area (Å²) in [6.07, 6.45) is 1.21. The number of hydrogen-bond donors (Lipinski definition) is 2. The van der Waals surface area contributed by atoms with Gasteiger partial charge in [0.05, 0.1) is 0 Å². The van der Waals surface area contributed by atoms with Crippen molar-refractivity contribution in [1.82, 2.24) is 0 Å². The van der Waals surface area contributed by atoms with Gasteiger partial charge in [0, 0.05) is 11.6 Å². The van der Waals surface area contributed by atoms with Crippen molar-refractivity contribution >= 4 is 11.5 Å². The Morgan fingerprint density at radius 1 is 1.10 bits per heavy atom. The summed E-state index contributed by atoms with van der Waals surface area (Å²) in [6, 6.07) is 9.22. The van der Waals surface area contributed by atoms with Crippen LogP contribution in [0, 0.1) is 13.8 Å². The second-order valence-corrected chi connectivity index (χ2v) is 5.10. The number of carboxylic acids is 1. The van der Waals surface area contributed by atoms with Gasteiger partial charge >= 0.3 is 5.97 Å². The molecule has 0 aromatic heterocycles. The summed E-state index contributed by atoms with van der Waals surface area (Å²) in [5.74, 6) is -0.801. The number of rotatable bonds is 1. The topological polar surface area (TPSA) is 57.5 Å². The number of benzene rings is 2. The second kappa shape index (κ2) is 4.23. The van der Waals surface area contributed by atoms with Crippen LogP contribution in [0.25, 0.3) is 16.7 Å².